The molecule has 5 rings (SSSR count). The van der Waals surface area contributed by atoms with Crippen molar-refractivity contribution in [3.63, 3.8) is 0 Å². The maximum atomic E-state index is 13.6. The Bertz CT molecular complexity index is 1630. The Labute approximate surface area is 213 Å². The number of methoxy groups -OCH3 is 1. The molecule has 1 aliphatic rings. The summed E-state index contributed by atoms with van der Waals surface area (Å²) in [6.45, 7) is 1.94. The smallest absolute Gasteiger partial charge is 0.338 e. The van der Waals surface area contributed by atoms with Gasteiger partial charge in [-0.1, -0.05) is 76.7 Å². The highest BCUT2D eigenvalue weighted by atomic mass is 79.9. The Balaban J connectivity index is 1.66. The number of benzene rings is 2. The molecule has 0 saturated carbocycles. The van der Waals surface area contributed by atoms with Gasteiger partial charge < -0.3 is 9.15 Å². The molecule has 176 valence electrons. The van der Waals surface area contributed by atoms with Gasteiger partial charge in [-0.05, 0) is 36.2 Å². The average Bonchev–Trinajstić information content (AvgIpc) is 3.47. The first-order valence-electron chi connectivity index (χ1n) is 11.0. The number of fused-ring (bicyclic) bond motifs is 1. The van der Waals surface area contributed by atoms with Crippen molar-refractivity contribution in [2.45, 2.75) is 19.4 Å². The Hall–Kier alpha value is -3.49. The van der Waals surface area contributed by atoms with Gasteiger partial charge in [-0.15, -0.1) is 0 Å². The first kappa shape index (κ1) is 23.3. The van der Waals surface area contributed by atoms with Gasteiger partial charge in [0.05, 0.1) is 29.0 Å². The minimum atomic E-state index is -0.620. The van der Waals surface area contributed by atoms with E-state index in [4.69, 9.17) is 9.15 Å². The largest absolute Gasteiger partial charge is 0.466 e. The fraction of sp³-hybridized carbons (Fsp3) is 0.148. The number of aromatic nitrogens is 1. The maximum Gasteiger partial charge on any atom is 0.338 e. The first-order valence-corrected chi connectivity index (χ1v) is 12.6. The quantitative estimate of drug-likeness (QED) is 0.335. The summed E-state index contributed by atoms with van der Waals surface area (Å²) in [6, 6.07) is 20.4. The van der Waals surface area contributed by atoms with Crippen LogP contribution in [0.15, 0.2) is 96.7 Å². The standard InChI is InChI=1S/C27H21BrN2O4S/c1-3-20-23(26(32)33-2)24(16-8-5-4-6-9-16)30-25(31)22(35-27(30)29-20)15-19-12-13-21(34-19)17-10-7-11-18(28)14-17/h4-15,24H,3H2,1-2H3/b22-15+/t24-/m0/s1. The fourth-order valence-electron chi connectivity index (χ4n) is 4.17. The molecule has 0 fully saturated rings. The van der Waals surface area contributed by atoms with Crippen LogP contribution in [0.25, 0.3) is 17.4 Å². The monoisotopic (exact) mass is 548 g/mol. The molecule has 0 aliphatic carbocycles. The van der Waals surface area contributed by atoms with E-state index in [9.17, 15) is 9.59 Å². The molecule has 3 heterocycles. The van der Waals surface area contributed by atoms with Crippen molar-refractivity contribution in [1.29, 1.82) is 0 Å². The number of esters is 1. The second kappa shape index (κ2) is 9.64. The molecule has 0 amide bonds. The van der Waals surface area contributed by atoms with Crippen LogP contribution in [0.5, 0.6) is 0 Å². The summed E-state index contributed by atoms with van der Waals surface area (Å²) < 4.78 is 14.1. The number of allylic oxidation sites excluding steroid dienone is 1. The number of carbonyl (C=O) groups is 1. The van der Waals surface area contributed by atoms with Crippen LogP contribution in [0, 0.1) is 0 Å². The minimum absolute atomic E-state index is 0.237. The van der Waals surface area contributed by atoms with Gasteiger partial charge in [0, 0.05) is 16.1 Å². The molecule has 1 aliphatic heterocycles. The predicted octanol–water partition coefficient (Wildman–Crippen LogP) is 4.82. The lowest BCUT2D eigenvalue weighted by atomic mass is 9.95. The molecule has 8 heteroatoms. The van der Waals surface area contributed by atoms with Crippen molar-refractivity contribution in [2.75, 3.05) is 7.11 Å². The summed E-state index contributed by atoms with van der Waals surface area (Å²) >= 11 is 4.76. The maximum absolute atomic E-state index is 13.6. The van der Waals surface area contributed by atoms with Crippen LogP contribution in [0.1, 0.15) is 30.7 Å². The van der Waals surface area contributed by atoms with E-state index in [1.807, 2.05) is 73.7 Å². The second-order valence-electron chi connectivity index (χ2n) is 7.91. The Morgan fingerprint density at radius 1 is 1.17 bits per heavy atom. The van der Waals surface area contributed by atoms with Gasteiger partial charge in [0.1, 0.15) is 11.5 Å². The summed E-state index contributed by atoms with van der Waals surface area (Å²) in [4.78, 5) is 31.7. The third-order valence-electron chi connectivity index (χ3n) is 5.77. The number of thiazole rings is 1. The number of carbonyl (C=O) groups excluding carboxylic acids is 1. The van der Waals surface area contributed by atoms with E-state index in [-0.39, 0.29) is 5.56 Å². The second-order valence-corrected chi connectivity index (χ2v) is 9.84. The van der Waals surface area contributed by atoms with E-state index in [2.05, 4.69) is 20.9 Å². The Morgan fingerprint density at radius 2 is 1.97 bits per heavy atom. The molecular formula is C27H21BrN2O4S. The average molecular weight is 549 g/mol. The lowest BCUT2D eigenvalue weighted by Gasteiger charge is -2.25. The molecule has 6 nitrogen and oxygen atoms in total. The molecule has 4 aromatic rings. The number of ether oxygens (including phenoxy) is 1. The molecule has 0 spiro atoms. The van der Waals surface area contributed by atoms with Crippen molar-refractivity contribution < 1.29 is 13.9 Å². The molecule has 2 aromatic carbocycles. The molecular weight excluding hydrogens is 528 g/mol. The summed E-state index contributed by atoms with van der Waals surface area (Å²) in [5.41, 5.74) is 2.51. The fourth-order valence-corrected chi connectivity index (χ4v) is 5.57. The summed E-state index contributed by atoms with van der Waals surface area (Å²) in [7, 11) is 1.34. The predicted molar refractivity (Wildman–Crippen MR) is 139 cm³/mol. The summed E-state index contributed by atoms with van der Waals surface area (Å²) in [5.74, 6) is 0.775. The van der Waals surface area contributed by atoms with Crippen LogP contribution >= 0.6 is 27.3 Å². The van der Waals surface area contributed by atoms with Crippen LogP contribution in [0.4, 0.5) is 0 Å². The lowest BCUT2D eigenvalue weighted by Crippen LogP contribution is -2.40. The summed E-state index contributed by atoms with van der Waals surface area (Å²) in [5, 5.41) is 0. The minimum Gasteiger partial charge on any atom is -0.466 e. The molecule has 0 saturated heterocycles. The van der Waals surface area contributed by atoms with Gasteiger partial charge in [0.15, 0.2) is 4.80 Å². The SMILES string of the molecule is CCC1=C(C(=O)OC)[C@H](c2ccccc2)n2c(s/c(=C/c3ccc(-c4cccc(Br)c4)o3)c2=O)=N1. The van der Waals surface area contributed by atoms with Crippen molar-refractivity contribution in [2.24, 2.45) is 4.99 Å². The van der Waals surface area contributed by atoms with E-state index in [0.29, 0.717) is 38.5 Å². The van der Waals surface area contributed by atoms with Crippen LogP contribution in [0.3, 0.4) is 0 Å². The number of hydrogen-bond acceptors (Lipinski definition) is 6. The molecule has 2 aromatic heterocycles. The molecule has 0 radical (unpaired) electrons. The molecule has 1 atom stereocenters. The van der Waals surface area contributed by atoms with Gasteiger partial charge in [-0.3, -0.25) is 9.36 Å². The van der Waals surface area contributed by atoms with Gasteiger partial charge in [0.2, 0.25) is 0 Å². The highest BCUT2D eigenvalue weighted by Gasteiger charge is 2.33. The molecule has 0 bridgehead atoms. The van der Waals surface area contributed by atoms with E-state index in [1.54, 1.807) is 10.6 Å². The lowest BCUT2D eigenvalue weighted by molar-refractivity contribution is -0.136. The number of nitrogens with zero attached hydrogens (tertiary/aromatic N) is 2. The Kier molecular flexibility index (Phi) is 6.40. The highest BCUT2D eigenvalue weighted by molar-refractivity contribution is 9.10. The molecule has 0 N–H and O–H groups in total. The van der Waals surface area contributed by atoms with Gasteiger partial charge in [-0.2, -0.15) is 0 Å². The van der Waals surface area contributed by atoms with Crippen molar-refractivity contribution in [3.05, 3.63) is 113 Å². The topological polar surface area (TPSA) is 73.8 Å². The number of hydrogen-bond donors (Lipinski definition) is 0. The van der Waals surface area contributed by atoms with Gasteiger partial charge in [0.25, 0.3) is 5.56 Å². The third kappa shape index (κ3) is 4.35. The third-order valence-corrected chi connectivity index (χ3v) is 7.25. The summed E-state index contributed by atoms with van der Waals surface area (Å²) in [6.07, 6.45) is 2.26. The Morgan fingerprint density at radius 3 is 2.69 bits per heavy atom. The zero-order chi connectivity index (χ0) is 24.5. The number of halogens is 1. The van der Waals surface area contributed by atoms with E-state index < -0.39 is 12.0 Å². The highest BCUT2D eigenvalue weighted by Crippen LogP contribution is 2.31. The van der Waals surface area contributed by atoms with E-state index >= 15 is 0 Å². The van der Waals surface area contributed by atoms with Crippen molar-refractivity contribution in [1.82, 2.24) is 4.57 Å². The van der Waals surface area contributed by atoms with Crippen LogP contribution in [-0.2, 0) is 9.53 Å². The van der Waals surface area contributed by atoms with E-state index in [1.165, 1.54) is 18.4 Å². The number of furan rings is 1. The zero-order valence-corrected chi connectivity index (χ0v) is 21.4. The van der Waals surface area contributed by atoms with Crippen LogP contribution < -0.4 is 14.9 Å². The van der Waals surface area contributed by atoms with Crippen LogP contribution in [0.2, 0.25) is 0 Å². The zero-order valence-electron chi connectivity index (χ0n) is 19.0. The van der Waals surface area contributed by atoms with Crippen molar-refractivity contribution >= 4 is 39.3 Å². The van der Waals surface area contributed by atoms with Gasteiger partial charge in [-0.25, -0.2) is 9.79 Å². The van der Waals surface area contributed by atoms with Crippen molar-refractivity contribution in [3.8, 4) is 11.3 Å². The van der Waals surface area contributed by atoms with Crippen LogP contribution in [-0.4, -0.2) is 17.6 Å². The number of rotatable bonds is 5. The molecule has 0 unspecified atom stereocenters. The normalized spacial score (nSPS) is 15.6. The molecule has 35 heavy (non-hydrogen) atoms. The first-order chi connectivity index (χ1) is 17.0. The van der Waals surface area contributed by atoms with Gasteiger partial charge >= 0.3 is 5.97 Å². The van der Waals surface area contributed by atoms with E-state index in [0.717, 1.165) is 15.6 Å².